The first kappa shape index (κ1) is 23.3. The zero-order chi connectivity index (χ0) is 22.3. The van der Waals surface area contributed by atoms with Crippen LogP contribution < -0.4 is 36.7 Å². The SMILES string of the molecule is C[Si]1(C)c2[c-]c(-c3ccccn3)cc3c2P(=S)(c2ccccc21)c1ccccc1[Si]3(C)C.[Ir]. The molecule has 2 aliphatic heterocycles. The van der Waals surface area contributed by atoms with Crippen LogP contribution in [0.3, 0.4) is 0 Å². The fourth-order valence-electron chi connectivity index (χ4n) is 5.70. The van der Waals surface area contributed by atoms with Crippen molar-refractivity contribution in [2.24, 2.45) is 0 Å². The molecule has 1 unspecified atom stereocenters. The molecular formula is C27H25IrNPSSi2-. The molecule has 167 valence electrons. The Bertz CT molecular complexity index is 1380. The molecule has 0 aliphatic carbocycles. The summed E-state index contributed by atoms with van der Waals surface area (Å²) in [5.74, 6) is 0. The Morgan fingerprint density at radius 1 is 0.758 bits per heavy atom. The molecule has 1 radical (unpaired) electrons. The van der Waals surface area contributed by atoms with Crippen molar-refractivity contribution in [1.29, 1.82) is 0 Å². The van der Waals surface area contributed by atoms with E-state index in [-0.39, 0.29) is 20.1 Å². The summed E-state index contributed by atoms with van der Waals surface area (Å²) in [5.41, 5.74) is 2.13. The monoisotopic (exact) mass is 675 g/mol. The number of rotatable bonds is 1. The normalized spacial score (nSPS) is 20.6. The van der Waals surface area contributed by atoms with Crippen LogP contribution in [-0.4, -0.2) is 21.1 Å². The minimum atomic E-state index is -2.14. The quantitative estimate of drug-likeness (QED) is 0.175. The van der Waals surface area contributed by atoms with Gasteiger partial charge in [0.05, 0.1) is 16.1 Å². The summed E-state index contributed by atoms with van der Waals surface area (Å²) >= 11 is 6.84. The molecule has 0 saturated heterocycles. The van der Waals surface area contributed by atoms with Gasteiger partial charge in [-0.1, -0.05) is 104 Å². The smallest absolute Gasteiger partial charge is 0.0944 e. The van der Waals surface area contributed by atoms with Crippen molar-refractivity contribution < 1.29 is 20.1 Å². The molecular weight excluding hydrogens is 650 g/mol. The minimum absolute atomic E-state index is 0. The first-order valence-corrected chi connectivity index (χ1v) is 19.9. The Labute approximate surface area is 217 Å². The van der Waals surface area contributed by atoms with Crippen LogP contribution in [0.1, 0.15) is 0 Å². The molecule has 0 amide bonds. The van der Waals surface area contributed by atoms with Crippen LogP contribution in [0.4, 0.5) is 0 Å². The van der Waals surface area contributed by atoms with E-state index in [2.05, 4.69) is 99.0 Å². The summed E-state index contributed by atoms with van der Waals surface area (Å²) in [4.78, 5) is 4.69. The topological polar surface area (TPSA) is 12.9 Å². The number of benzene rings is 3. The maximum Gasteiger partial charge on any atom is 0.0944 e. The van der Waals surface area contributed by atoms with Crippen molar-refractivity contribution in [3.8, 4) is 11.3 Å². The Balaban J connectivity index is 0.00000228. The van der Waals surface area contributed by atoms with Crippen LogP contribution in [0.5, 0.6) is 0 Å². The number of hydrogen-bond acceptors (Lipinski definition) is 2. The van der Waals surface area contributed by atoms with Crippen LogP contribution in [0.2, 0.25) is 26.2 Å². The van der Waals surface area contributed by atoms with Gasteiger partial charge in [-0.2, -0.15) is 0 Å². The number of aromatic nitrogens is 1. The maximum absolute atomic E-state index is 6.84. The summed E-state index contributed by atoms with van der Waals surface area (Å²) < 4.78 is 0. The number of nitrogens with zero attached hydrogens (tertiary/aromatic N) is 1. The summed E-state index contributed by atoms with van der Waals surface area (Å²) in [6.45, 7) is 9.96. The van der Waals surface area contributed by atoms with Gasteiger partial charge in [-0.05, 0) is 32.7 Å². The van der Waals surface area contributed by atoms with Gasteiger partial charge in [0.2, 0.25) is 0 Å². The molecule has 2 aliphatic rings. The first-order valence-electron chi connectivity index (χ1n) is 11.1. The second-order valence-electron chi connectivity index (χ2n) is 9.93. The molecule has 0 saturated carbocycles. The fraction of sp³-hybridized carbons (Fsp3) is 0.148. The molecule has 1 aromatic heterocycles. The maximum atomic E-state index is 6.84. The number of hydrogen-bond donors (Lipinski definition) is 0. The third-order valence-corrected chi connectivity index (χ3v) is 20.2. The predicted octanol–water partition coefficient (Wildman–Crippen LogP) is 2.57. The zero-order valence-corrected chi connectivity index (χ0v) is 25.2. The third-order valence-electron chi connectivity index (χ3n) is 7.43. The van der Waals surface area contributed by atoms with E-state index in [9.17, 15) is 0 Å². The predicted molar refractivity (Wildman–Crippen MR) is 148 cm³/mol. The average Bonchev–Trinajstić information content (AvgIpc) is 2.82. The fourth-order valence-corrected chi connectivity index (χ4v) is 22.0. The molecule has 1 atom stereocenters. The summed E-state index contributed by atoms with van der Waals surface area (Å²) in [7, 11) is -3.93. The van der Waals surface area contributed by atoms with Gasteiger partial charge >= 0.3 is 0 Å². The molecule has 3 aromatic carbocycles. The molecule has 0 bridgehead atoms. The van der Waals surface area contributed by atoms with Crippen molar-refractivity contribution in [3.05, 3.63) is 85.1 Å². The molecule has 1 nitrogen and oxygen atoms in total. The van der Waals surface area contributed by atoms with Gasteiger partial charge in [-0.3, -0.25) is 0 Å². The van der Waals surface area contributed by atoms with Crippen molar-refractivity contribution in [3.63, 3.8) is 0 Å². The molecule has 0 N–H and O–H groups in total. The van der Waals surface area contributed by atoms with Crippen molar-refractivity contribution >= 4 is 70.7 Å². The van der Waals surface area contributed by atoms with E-state index in [4.69, 9.17) is 16.8 Å². The van der Waals surface area contributed by atoms with Crippen LogP contribution in [0.25, 0.3) is 11.3 Å². The van der Waals surface area contributed by atoms with Crippen molar-refractivity contribution in [2.45, 2.75) is 26.2 Å². The standard InChI is InChI=1S/C27H25NPSSi2.Ir/c1-31(2)23-14-7-5-12-21(23)29(30)22-13-6-8-15-24(22)32(3,4)26-18-19(17-25(31)27(26)29)20-11-9-10-16-28-20;/h5-17H,1-4H3;/q-1;. The van der Waals surface area contributed by atoms with Gasteiger partial charge in [-0.15, -0.1) is 28.1 Å². The summed E-state index contributed by atoms with van der Waals surface area (Å²) in [6.07, 6.45) is 1.88. The van der Waals surface area contributed by atoms with E-state index in [1.165, 1.54) is 36.7 Å². The van der Waals surface area contributed by atoms with Gasteiger partial charge in [0.25, 0.3) is 0 Å². The van der Waals surface area contributed by atoms with Gasteiger partial charge < -0.3 is 4.98 Å². The van der Waals surface area contributed by atoms with Gasteiger partial charge in [0.1, 0.15) is 0 Å². The van der Waals surface area contributed by atoms with E-state index >= 15 is 0 Å². The van der Waals surface area contributed by atoms with Gasteiger partial charge in [0, 0.05) is 32.3 Å². The second-order valence-corrected chi connectivity index (χ2v) is 22.8. The first-order chi connectivity index (χ1) is 15.3. The van der Waals surface area contributed by atoms with E-state index in [1.807, 2.05) is 12.3 Å². The van der Waals surface area contributed by atoms with E-state index in [0.717, 1.165) is 11.3 Å². The molecule has 6 rings (SSSR count). The summed E-state index contributed by atoms with van der Waals surface area (Å²) in [5, 5.41) is 10.3. The Kier molecular flexibility index (Phi) is 5.49. The second kappa shape index (κ2) is 7.78. The molecule has 3 heterocycles. The third kappa shape index (κ3) is 3.04. The van der Waals surface area contributed by atoms with Crippen LogP contribution >= 0.6 is 6.04 Å². The molecule has 6 heteroatoms. The number of pyridine rings is 1. The number of fused-ring (bicyclic) bond motifs is 4. The largest absolute Gasteiger partial charge is 0.305 e. The van der Waals surface area contributed by atoms with Crippen molar-refractivity contribution in [1.82, 2.24) is 4.98 Å². The van der Waals surface area contributed by atoms with Crippen molar-refractivity contribution in [2.75, 3.05) is 0 Å². The molecule has 0 spiro atoms. The molecule has 33 heavy (non-hydrogen) atoms. The van der Waals surface area contributed by atoms with Crippen LogP contribution in [0, 0.1) is 6.07 Å². The van der Waals surface area contributed by atoms with Gasteiger partial charge in [0.15, 0.2) is 0 Å². The van der Waals surface area contributed by atoms with Crippen LogP contribution in [0.15, 0.2) is 79.0 Å². The van der Waals surface area contributed by atoms with Crippen LogP contribution in [-0.2, 0) is 31.9 Å². The van der Waals surface area contributed by atoms with E-state index in [1.54, 1.807) is 0 Å². The average molecular weight is 675 g/mol. The van der Waals surface area contributed by atoms with E-state index < -0.39 is 22.2 Å². The van der Waals surface area contributed by atoms with E-state index in [0.29, 0.717) is 0 Å². The Morgan fingerprint density at radius 3 is 1.94 bits per heavy atom. The summed E-state index contributed by atoms with van der Waals surface area (Å²) in [6, 6.07) is 28.5. The molecule has 4 aromatic rings. The Hall–Kier alpha value is -1.46. The van der Waals surface area contributed by atoms with Gasteiger partial charge in [-0.25, -0.2) is 0 Å². The zero-order valence-electron chi connectivity index (χ0n) is 19.1. The molecule has 0 fully saturated rings. The minimum Gasteiger partial charge on any atom is -0.305 e. The Morgan fingerprint density at radius 2 is 1.33 bits per heavy atom.